The van der Waals surface area contributed by atoms with Gasteiger partial charge in [-0.15, -0.1) is 0 Å². The average Bonchev–Trinajstić information content (AvgIpc) is 2.58. The lowest BCUT2D eigenvalue weighted by molar-refractivity contribution is -0.144. The fourth-order valence-electron chi connectivity index (χ4n) is 2.28. The van der Waals surface area contributed by atoms with E-state index < -0.39 is 41.4 Å². The minimum absolute atomic E-state index is 0.256. The highest BCUT2D eigenvalue weighted by Crippen LogP contribution is 2.16. The first-order valence-electron chi connectivity index (χ1n) is 8.43. The van der Waals surface area contributed by atoms with Gasteiger partial charge in [0, 0.05) is 7.05 Å². The van der Waals surface area contributed by atoms with E-state index in [1.807, 2.05) is 0 Å². The number of carbonyl (C=O) groups is 2. The molecule has 1 aromatic carbocycles. The number of carbonyl (C=O) groups excluding carboxylic acids is 2. The first kappa shape index (κ1) is 21.0. The van der Waals surface area contributed by atoms with Crippen molar-refractivity contribution in [3.05, 3.63) is 35.1 Å². The van der Waals surface area contributed by atoms with Crippen molar-refractivity contribution in [2.45, 2.75) is 45.4 Å². The monoisotopic (exact) mass is 359 g/mol. The predicted molar refractivity (Wildman–Crippen MR) is 87.6 cm³/mol. The zero-order valence-electron chi connectivity index (χ0n) is 14.6. The van der Waals surface area contributed by atoms with Crippen molar-refractivity contribution in [3.63, 3.8) is 0 Å². The number of benzene rings is 1. The van der Waals surface area contributed by atoms with Crippen LogP contribution in [0.2, 0.25) is 0 Å². The standard InChI is InChI=1S/C18H24F3NO3/c1-3-4-5-6-7-8-11-25-15(23)12-22(2)18(24)13-9-10-14(19)17(21)16(13)20/h9-10H,3-8,11-12H2,1-2H3. The van der Waals surface area contributed by atoms with Crippen molar-refractivity contribution < 1.29 is 27.5 Å². The Kier molecular flexibility index (Phi) is 9.02. The Hall–Kier alpha value is -2.05. The van der Waals surface area contributed by atoms with Crippen molar-refractivity contribution in [2.75, 3.05) is 20.2 Å². The maximum Gasteiger partial charge on any atom is 0.325 e. The topological polar surface area (TPSA) is 46.6 Å². The number of rotatable bonds is 10. The van der Waals surface area contributed by atoms with E-state index in [9.17, 15) is 22.8 Å². The van der Waals surface area contributed by atoms with Crippen LogP contribution in [0.1, 0.15) is 55.8 Å². The van der Waals surface area contributed by atoms with Crippen LogP contribution in [0, 0.1) is 17.5 Å². The van der Waals surface area contributed by atoms with Gasteiger partial charge in [-0.25, -0.2) is 13.2 Å². The predicted octanol–water partition coefficient (Wildman–Crippen LogP) is 4.08. The summed E-state index contributed by atoms with van der Waals surface area (Å²) in [7, 11) is 1.26. The van der Waals surface area contributed by atoms with Crippen LogP contribution >= 0.6 is 0 Å². The molecular weight excluding hydrogens is 335 g/mol. The lowest BCUT2D eigenvalue weighted by Gasteiger charge is -2.17. The van der Waals surface area contributed by atoms with E-state index in [4.69, 9.17) is 4.74 Å². The van der Waals surface area contributed by atoms with Crippen molar-refractivity contribution in [2.24, 2.45) is 0 Å². The third-order valence-electron chi connectivity index (χ3n) is 3.74. The molecule has 0 N–H and O–H groups in total. The number of halogens is 3. The number of likely N-dealkylation sites (N-methyl/N-ethyl adjacent to an activating group) is 1. The lowest BCUT2D eigenvalue weighted by atomic mass is 10.1. The van der Waals surface area contributed by atoms with Crippen molar-refractivity contribution in [1.82, 2.24) is 4.90 Å². The van der Waals surface area contributed by atoms with Gasteiger partial charge >= 0.3 is 5.97 Å². The summed E-state index contributed by atoms with van der Waals surface area (Å²) in [6, 6.07) is 1.50. The van der Waals surface area contributed by atoms with E-state index in [1.54, 1.807) is 0 Å². The number of esters is 1. The van der Waals surface area contributed by atoms with Gasteiger partial charge in [-0.2, -0.15) is 0 Å². The van der Waals surface area contributed by atoms with E-state index in [-0.39, 0.29) is 6.61 Å². The minimum Gasteiger partial charge on any atom is -0.464 e. The smallest absolute Gasteiger partial charge is 0.325 e. The van der Waals surface area contributed by atoms with Crippen LogP contribution in [0.3, 0.4) is 0 Å². The fraction of sp³-hybridized carbons (Fsp3) is 0.556. The zero-order chi connectivity index (χ0) is 18.8. The average molecular weight is 359 g/mol. The molecule has 0 aromatic heterocycles. The van der Waals surface area contributed by atoms with E-state index in [0.29, 0.717) is 6.07 Å². The van der Waals surface area contributed by atoms with E-state index >= 15 is 0 Å². The molecule has 7 heteroatoms. The Labute approximate surface area is 146 Å². The number of amides is 1. The summed E-state index contributed by atoms with van der Waals surface area (Å²) in [6.07, 6.45) is 6.29. The summed E-state index contributed by atoms with van der Waals surface area (Å²) in [5, 5.41) is 0. The molecule has 0 heterocycles. The minimum atomic E-state index is -1.72. The van der Waals surface area contributed by atoms with Gasteiger partial charge in [0.2, 0.25) is 0 Å². The Morgan fingerprint density at radius 3 is 2.32 bits per heavy atom. The molecule has 0 unspecified atom stereocenters. The largest absolute Gasteiger partial charge is 0.464 e. The Bertz CT molecular complexity index is 593. The molecule has 0 bridgehead atoms. The van der Waals surface area contributed by atoms with Crippen LogP contribution in [-0.2, 0) is 9.53 Å². The Morgan fingerprint density at radius 2 is 1.64 bits per heavy atom. The van der Waals surface area contributed by atoms with Gasteiger partial charge in [-0.05, 0) is 18.6 Å². The van der Waals surface area contributed by atoms with E-state index in [0.717, 1.165) is 43.1 Å². The van der Waals surface area contributed by atoms with Crippen molar-refractivity contribution in [3.8, 4) is 0 Å². The second-order valence-corrected chi connectivity index (χ2v) is 5.87. The molecule has 0 saturated carbocycles. The summed E-state index contributed by atoms with van der Waals surface area (Å²) in [5.41, 5.74) is -0.634. The quantitative estimate of drug-likeness (QED) is 0.359. The number of ether oxygens (including phenoxy) is 1. The molecule has 0 atom stereocenters. The summed E-state index contributed by atoms with van der Waals surface area (Å²) < 4.78 is 44.7. The number of hydrogen-bond acceptors (Lipinski definition) is 3. The molecule has 0 spiro atoms. The molecule has 0 aliphatic rings. The molecule has 4 nitrogen and oxygen atoms in total. The van der Waals surface area contributed by atoms with Crippen LogP contribution in [0.5, 0.6) is 0 Å². The number of nitrogens with zero attached hydrogens (tertiary/aromatic N) is 1. The third kappa shape index (κ3) is 6.76. The molecule has 140 valence electrons. The van der Waals surface area contributed by atoms with Crippen molar-refractivity contribution >= 4 is 11.9 Å². The van der Waals surface area contributed by atoms with Gasteiger partial charge in [-0.1, -0.05) is 39.0 Å². The molecule has 0 saturated heterocycles. The maximum atomic E-state index is 13.6. The molecule has 0 aliphatic carbocycles. The third-order valence-corrected chi connectivity index (χ3v) is 3.74. The van der Waals surface area contributed by atoms with Gasteiger partial charge in [0.1, 0.15) is 6.54 Å². The highest BCUT2D eigenvalue weighted by Gasteiger charge is 2.22. The summed E-state index contributed by atoms with van der Waals surface area (Å²) in [6.45, 7) is 1.99. The second kappa shape index (κ2) is 10.7. The molecule has 1 aromatic rings. The van der Waals surface area contributed by atoms with Crippen LogP contribution in [0.25, 0.3) is 0 Å². The van der Waals surface area contributed by atoms with Gasteiger partial charge < -0.3 is 9.64 Å². The fourth-order valence-corrected chi connectivity index (χ4v) is 2.28. The van der Waals surface area contributed by atoms with Crippen molar-refractivity contribution in [1.29, 1.82) is 0 Å². The highest BCUT2D eigenvalue weighted by molar-refractivity contribution is 5.96. The zero-order valence-corrected chi connectivity index (χ0v) is 14.6. The lowest BCUT2D eigenvalue weighted by Crippen LogP contribution is -2.33. The van der Waals surface area contributed by atoms with Gasteiger partial charge in [-0.3, -0.25) is 9.59 Å². The number of unbranched alkanes of at least 4 members (excludes halogenated alkanes) is 5. The SMILES string of the molecule is CCCCCCCCOC(=O)CN(C)C(=O)c1ccc(F)c(F)c1F. The number of hydrogen-bond donors (Lipinski definition) is 0. The van der Waals surface area contributed by atoms with Gasteiger partial charge in [0.15, 0.2) is 17.5 Å². The van der Waals surface area contributed by atoms with E-state index in [1.165, 1.54) is 13.5 Å². The normalized spacial score (nSPS) is 10.6. The summed E-state index contributed by atoms with van der Waals surface area (Å²) in [4.78, 5) is 24.6. The molecule has 0 fully saturated rings. The van der Waals surface area contributed by atoms with Crippen LogP contribution in [0.15, 0.2) is 12.1 Å². The van der Waals surface area contributed by atoms with Crippen LogP contribution < -0.4 is 0 Å². The van der Waals surface area contributed by atoms with Gasteiger partial charge in [0.25, 0.3) is 5.91 Å². The van der Waals surface area contributed by atoms with E-state index in [2.05, 4.69) is 6.92 Å². The molecule has 1 rings (SSSR count). The maximum absolute atomic E-state index is 13.6. The summed E-state index contributed by atoms with van der Waals surface area (Å²) in [5.74, 6) is -6.22. The van der Waals surface area contributed by atoms with Gasteiger partial charge in [0.05, 0.1) is 12.2 Å². The van der Waals surface area contributed by atoms with Crippen LogP contribution in [0.4, 0.5) is 13.2 Å². The molecule has 0 aliphatic heterocycles. The molecule has 0 radical (unpaired) electrons. The Morgan fingerprint density at radius 1 is 1.00 bits per heavy atom. The molecule has 1 amide bonds. The molecule has 25 heavy (non-hydrogen) atoms. The first-order valence-corrected chi connectivity index (χ1v) is 8.43. The highest BCUT2D eigenvalue weighted by atomic mass is 19.2. The Balaban J connectivity index is 2.40. The summed E-state index contributed by atoms with van der Waals surface area (Å²) >= 11 is 0. The second-order valence-electron chi connectivity index (χ2n) is 5.87. The first-order chi connectivity index (χ1) is 11.9. The molecular formula is C18H24F3NO3. The van der Waals surface area contributed by atoms with Crippen LogP contribution in [-0.4, -0.2) is 37.0 Å².